The summed E-state index contributed by atoms with van der Waals surface area (Å²) in [6, 6.07) is 6.45. The van der Waals surface area contributed by atoms with Gasteiger partial charge in [0, 0.05) is 11.1 Å². The minimum atomic E-state index is -0.450. The fraction of sp³-hybridized carbons (Fsp3) is 0.0714. The Hall–Kier alpha value is -2.49. The lowest BCUT2D eigenvalue weighted by atomic mass is 9.87. The Morgan fingerprint density at radius 3 is 2.28 bits per heavy atom. The molecule has 90 valence electrons. The van der Waals surface area contributed by atoms with Crippen LogP contribution in [-0.4, -0.2) is 18.0 Å². The van der Waals surface area contributed by atoms with Crippen molar-refractivity contribution in [3.63, 3.8) is 0 Å². The van der Waals surface area contributed by atoms with Crippen LogP contribution in [0.15, 0.2) is 48.3 Å². The van der Waals surface area contributed by atoms with Gasteiger partial charge < -0.3 is 4.74 Å². The van der Waals surface area contributed by atoms with Crippen LogP contribution in [0.2, 0.25) is 0 Å². The van der Waals surface area contributed by atoms with Gasteiger partial charge in [-0.05, 0) is 6.42 Å². The third-order valence-corrected chi connectivity index (χ3v) is 2.69. The lowest BCUT2D eigenvalue weighted by Gasteiger charge is -2.18. The largest absolute Gasteiger partial charge is 0.424 e. The van der Waals surface area contributed by atoms with Gasteiger partial charge in [-0.1, -0.05) is 30.3 Å². The summed E-state index contributed by atoms with van der Waals surface area (Å²) in [6.07, 6.45) is 1.67. The summed E-state index contributed by atoms with van der Waals surface area (Å²) < 4.78 is 4.67. The van der Waals surface area contributed by atoms with E-state index in [1.54, 1.807) is 18.2 Å². The number of rotatable bonds is 4. The van der Waals surface area contributed by atoms with Crippen molar-refractivity contribution < 1.29 is 19.1 Å². The minimum absolute atomic E-state index is 0.150. The zero-order chi connectivity index (χ0) is 13.1. The van der Waals surface area contributed by atoms with Gasteiger partial charge >= 0.3 is 0 Å². The van der Waals surface area contributed by atoms with E-state index in [-0.39, 0.29) is 35.6 Å². The van der Waals surface area contributed by atoms with E-state index < -0.39 is 5.78 Å². The maximum absolute atomic E-state index is 12.2. The number of hydrogen-bond donors (Lipinski definition) is 0. The molecule has 0 saturated heterocycles. The van der Waals surface area contributed by atoms with E-state index in [1.165, 1.54) is 12.1 Å². The standard InChI is InChI=1S/C14H10O4/c1-2-5-11-12(16)9-6-3-4-7-10(9)13(17)14(11)18-8-15/h2-4,6-8H,1,5H2. The quantitative estimate of drug-likeness (QED) is 0.599. The summed E-state index contributed by atoms with van der Waals surface area (Å²) in [6.45, 7) is 3.67. The molecule has 0 unspecified atom stereocenters. The molecule has 0 aromatic heterocycles. The predicted octanol–water partition coefficient (Wildman–Crippen LogP) is 2.07. The van der Waals surface area contributed by atoms with Gasteiger partial charge in [-0.15, -0.1) is 6.58 Å². The van der Waals surface area contributed by atoms with Crippen molar-refractivity contribution in [2.24, 2.45) is 0 Å². The summed E-state index contributed by atoms with van der Waals surface area (Å²) in [7, 11) is 0. The van der Waals surface area contributed by atoms with Crippen LogP contribution in [0.3, 0.4) is 0 Å². The Kier molecular flexibility index (Phi) is 3.19. The fourth-order valence-corrected chi connectivity index (χ4v) is 1.91. The van der Waals surface area contributed by atoms with E-state index in [0.29, 0.717) is 5.56 Å². The number of carbonyl (C=O) groups is 3. The molecule has 1 aromatic carbocycles. The van der Waals surface area contributed by atoms with Gasteiger partial charge in [0.25, 0.3) is 6.47 Å². The molecule has 1 aliphatic carbocycles. The zero-order valence-electron chi connectivity index (χ0n) is 9.51. The van der Waals surface area contributed by atoms with Crippen molar-refractivity contribution >= 4 is 18.0 Å². The second kappa shape index (κ2) is 4.79. The molecular weight excluding hydrogens is 232 g/mol. The topological polar surface area (TPSA) is 60.4 Å². The Morgan fingerprint density at radius 1 is 1.11 bits per heavy atom. The number of fused-ring (bicyclic) bond motifs is 1. The van der Waals surface area contributed by atoms with Crippen LogP contribution in [0.1, 0.15) is 27.1 Å². The molecule has 0 atom stereocenters. The Labute approximate surface area is 104 Å². The highest BCUT2D eigenvalue weighted by atomic mass is 16.5. The van der Waals surface area contributed by atoms with Crippen LogP contribution < -0.4 is 0 Å². The van der Waals surface area contributed by atoms with Gasteiger partial charge in [-0.25, -0.2) is 0 Å². The molecule has 2 rings (SSSR count). The summed E-state index contributed by atoms with van der Waals surface area (Å²) >= 11 is 0. The monoisotopic (exact) mass is 242 g/mol. The molecule has 0 radical (unpaired) electrons. The molecule has 0 N–H and O–H groups in total. The second-order valence-electron chi connectivity index (χ2n) is 3.72. The Balaban J connectivity index is 2.62. The van der Waals surface area contributed by atoms with Crippen LogP contribution in [-0.2, 0) is 9.53 Å². The zero-order valence-corrected chi connectivity index (χ0v) is 9.51. The first kappa shape index (κ1) is 12.0. The number of Topliss-reactive ketones (excluding diaryl/α,β-unsaturated/α-hetero) is 2. The van der Waals surface area contributed by atoms with Gasteiger partial charge in [0.05, 0.1) is 5.57 Å². The predicted molar refractivity (Wildman–Crippen MR) is 64.1 cm³/mol. The van der Waals surface area contributed by atoms with Crippen molar-refractivity contribution in [1.29, 1.82) is 0 Å². The van der Waals surface area contributed by atoms with Crippen molar-refractivity contribution in [2.45, 2.75) is 6.42 Å². The fourth-order valence-electron chi connectivity index (χ4n) is 1.91. The third kappa shape index (κ3) is 1.78. The van der Waals surface area contributed by atoms with E-state index in [2.05, 4.69) is 11.3 Å². The lowest BCUT2D eigenvalue weighted by Crippen LogP contribution is -2.23. The molecule has 4 heteroatoms. The molecule has 4 nitrogen and oxygen atoms in total. The summed E-state index contributed by atoms with van der Waals surface area (Å²) in [4.78, 5) is 34.7. The number of hydrogen-bond acceptors (Lipinski definition) is 4. The van der Waals surface area contributed by atoms with Crippen molar-refractivity contribution in [3.8, 4) is 0 Å². The van der Waals surface area contributed by atoms with Crippen LogP contribution in [0, 0.1) is 0 Å². The maximum Gasteiger partial charge on any atom is 0.298 e. The lowest BCUT2D eigenvalue weighted by molar-refractivity contribution is -0.124. The number of allylic oxidation sites excluding steroid dienone is 3. The molecule has 0 fully saturated rings. The summed E-state index contributed by atoms with van der Waals surface area (Å²) in [5.41, 5.74) is 0.755. The van der Waals surface area contributed by atoms with Crippen molar-refractivity contribution in [3.05, 3.63) is 59.4 Å². The highest BCUT2D eigenvalue weighted by Gasteiger charge is 2.32. The van der Waals surface area contributed by atoms with Crippen LogP contribution in [0.25, 0.3) is 0 Å². The number of carbonyl (C=O) groups excluding carboxylic acids is 3. The SMILES string of the molecule is C=CCC1=C(OC=O)C(=O)c2ccccc2C1=O. The molecule has 0 spiro atoms. The minimum Gasteiger partial charge on any atom is -0.424 e. The average Bonchev–Trinajstić information content (AvgIpc) is 2.40. The molecular formula is C14H10O4. The Morgan fingerprint density at radius 2 is 1.72 bits per heavy atom. The highest BCUT2D eigenvalue weighted by molar-refractivity contribution is 6.26. The molecule has 1 aromatic rings. The number of benzene rings is 1. The Bertz CT molecular complexity index is 530. The van der Waals surface area contributed by atoms with Crippen molar-refractivity contribution in [2.75, 3.05) is 0 Å². The van der Waals surface area contributed by atoms with E-state index in [9.17, 15) is 14.4 Å². The van der Waals surface area contributed by atoms with Crippen LogP contribution >= 0.6 is 0 Å². The molecule has 0 heterocycles. The second-order valence-corrected chi connectivity index (χ2v) is 3.72. The first-order valence-electron chi connectivity index (χ1n) is 5.33. The van der Waals surface area contributed by atoms with Crippen molar-refractivity contribution in [1.82, 2.24) is 0 Å². The van der Waals surface area contributed by atoms with E-state index in [1.807, 2.05) is 0 Å². The summed E-state index contributed by atoms with van der Waals surface area (Å²) in [5, 5.41) is 0. The third-order valence-electron chi connectivity index (χ3n) is 2.69. The number of ketones is 2. The van der Waals surface area contributed by atoms with E-state index >= 15 is 0 Å². The first-order valence-corrected chi connectivity index (χ1v) is 5.33. The van der Waals surface area contributed by atoms with E-state index in [4.69, 9.17) is 0 Å². The highest BCUT2D eigenvalue weighted by Crippen LogP contribution is 2.28. The van der Waals surface area contributed by atoms with Gasteiger partial charge in [0.1, 0.15) is 0 Å². The van der Waals surface area contributed by atoms with Gasteiger partial charge in [-0.3, -0.25) is 14.4 Å². The van der Waals surface area contributed by atoms with Gasteiger partial charge in [0.2, 0.25) is 5.78 Å². The van der Waals surface area contributed by atoms with Crippen LogP contribution in [0.5, 0.6) is 0 Å². The normalized spacial score (nSPS) is 14.2. The molecule has 0 bridgehead atoms. The number of ether oxygens (including phenoxy) is 1. The molecule has 18 heavy (non-hydrogen) atoms. The van der Waals surface area contributed by atoms with Gasteiger partial charge in [-0.2, -0.15) is 0 Å². The van der Waals surface area contributed by atoms with E-state index in [0.717, 1.165) is 0 Å². The average molecular weight is 242 g/mol. The summed E-state index contributed by atoms with van der Waals surface area (Å²) in [5.74, 6) is -0.954. The smallest absolute Gasteiger partial charge is 0.298 e. The maximum atomic E-state index is 12.2. The molecule has 0 amide bonds. The molecule has 0 saturated carbocycles. The first-order chi connectivity index (χ1) is 8.70. The molecule has 0 aliphatic heterocycles. The van der Waals surface area contributed by atoms with Crippen LogP contribution in [0.4, 0.5) is 0 Å². The molecule has 1 aliphatic rings. The van der Waals surface area contributed by atoms with Gasteiger partial charge in [0.15, 0.2) is 11.5 Å².